The molecule has 7 nitrogen and oxygen atoms in total. The Labute approximate surface area is 112 Å². The number of aromatic nitrogens is 2. The van der Waals surface area contributed by atoms with E-state index in [1.807, 2.05) is 0 Å². The molecule has 1 atom stereocenters. The summed E-state index contributed by atoms with van der Waals surface area (Å²) in [7, 11) is -3.21. The van der Waals surface area contributed by atoms with Crippen LogP contribution in [0, 0.1) is 6.92 Å². The molecule has 106 valence electrons. The third-order valence-electron chi connectivity index (χ3n) is 3.21. The molecule has 0 bridgehead atoms. The van der Waals surface area contributed by atoms with Crippen molar-refractivity contribution in [3.63, 3.8) is 0 Å². The van der Waals surface area contributed by atoms with E-state index in [4.69, 9.17) is 0 Å². The monoisotopic (exact) mass is 286 g/mol. The molecule has 0 aromatic carbocycles. The van der Waals surface area contributed by atoms with Crippen molar-refractivity contribution in [3.05, 3.63) is 17.7 Å². The van der Waals surface area contributed by atoms with Crippen molar-refractivity contribution >= 4 is 15.9 Å². The molecule has 1 N–H and O–H groups in total. The maximum Gasteiger partial charge on any atom is 0.272 e. The van der Waals surface area contributed by atoms with E-state index >= 15 is 0 Å². The van der Waals surface area contributed by atoms with Gasteiger partial charge in [0.2, 0.25) is 10.0 Å². The van der Waals surface area contributed by atoms with E-state index in [2.05, 4.69) is 9.97 Å². The van der Waals surface area contributed by atoms with Gasteiger partial charge in [-0.1, -0.05) is 0 Å². The fraction of sp³-hybridized carbons (Fsp3) is 0.636. The number of H-pyrrole nitrogens is 1. The maximum atomic E-state index is 12.2. The molecule has 2 heterocycles. The molecule has 1 amide bonds. The van der Waals surface area contributed by atoms with Crippen molar-refractivity contribution in [1.82, 2.24) is 19.2 Å². The summed E-state index contributed by atoms with van der Waals surface area (Å²) in [6.45, 7) is 4.71. The van der Waals surface area contributed by atoms with Crippen molar-refractivity contribution in [2.45, 2.75) is 19.9 Å². The van der Waals surface area contributed by atoms with Gasteiger partial charge in [-0.15, -0.1) is 0 Å². The molecule has 0 aliphatic carbocycles. The van der Waals surface area contributed by atoms with Gasteiger partial charge in [0.05, 0.1) is 12.5 Å². The summed E-state index contributed by atoms with van der Waals surface area (Å²) in [5.74, 6) is 0.548. The van der Waals surface area contributed by atoms with E-state index in [-0.39, 0.29) is 11.9 Å². The Bertz CT molecular complexity index is 581. The number of carbonyl (C=O) groups is 1. The quantitative estimate of drug-likeness (QED) is 0.817. The van der Waals surface area contributed by atoms with Crippen LogP contribution in [0.15, 0.2) is 6.20 Å². The average Bonchev–Trinajstić information content (AvgIpc) is 2.73. The minimum atomic E-state index is -3.21. The van der Waals surface area contributed by atoms with Crippen LogP contribution in [0.1, 0.15) is 23.2 Å². The largest absolute Gasteiger partial charge is 0.338 e. The lowest BCUT2D eigenvalue weighted by atomic mass is 10.2. The van der Waals surface area contributed by atoms with Gasteiger partial charge in [0.1, 0.15) is 11.5 Å². The maximum absolute atomic E-state index is 12.2. The predicted molar refractivity (Wildman–Crippen MR) is 70.2 cm³/mol. The topological polar surface area (TPSA) is 86.4 Å². The molecular weight excluding hydrogens is 268 g/mol. The summed E-state index contributed by atoms with van der Waals surface area (Å²) < 4.78 is 24.5. The number of sulfonamides is 1. The molecule has 1 aliphatic heterocycles. The number of hydrogen-bond acceptors (Lipinski definition) is 4. The summed E-state index contributed by atoms with van der Waals surface area (Å²) in [5, 5.41) is 0. The van der Waals surface area contributed by atoms with E-state index < -0.39 is 10.0 Å². The fourth-order valence-electron chi connectivity index (χ4n) is 2.32. The number of aryl methyl sites for hydroxylation is 1. The summed E-state index contributed by atoms with van der Waals surface area (Å²) in [4.78, 5) is 20.7. The Morgan fingerprint density at radius 1 is 1.47 bits per heavy atom. The van der Waals surface area contributed by atoms with Crippen molar-refractivity contribution in [2.24, 2.45) is 0 Å². The third-order valence-corrected chi connectivity index (χ3v) is 4.61. The number of piperazine rings is 1. The Balaban J connectivity index is 2.08. The minimum Gasteiger partial charge on any atom is -0.338 e. The zero-order valence-electron chi connectivity index (χ0n) is 11.3. The average molecular weight is 286 g/mol. The van der Waals surface area contributed by atoms with Crippen LogP contribution in [0.4, 0.5) is 0 Å². The molecule has 1 aromatic rings. The summed E-state index contributed by atoms with van der Waals surface area (Å²) in [6, 6.07) is -0.211. The van der Waals surface area contributed by atoms with Crippen LogP contribution in [0.5, 0.6) is 0 Å². The number of hydrogen-bond donors (Lipinski definition) is 1. The first kappa shape index (κ1) is 14.0. The molecule has 8 heteroatoms. The normalized spacial score (nSPS) is 21.6. The Kier molecular flexibility index (Phi) is 3.64. The van der Waals surface area contributed by atoms with Gasteiger partial charge in [0.15, 0.2) is 0 Å². The van der Waals surface area contributed by atoms with Crippen LogP contribution in [0.25, 0.3) is 0 Å². The molecule has 1 saturated heterocycles. The standard InChI is InChI=1S/C11H18N4O3S/c1-8-7-14(4-5-15(8)19(3,17)18)11(16)10-6-12-9(2)13-10/h6,8H,4-5,7H2,1-3H3,(H,12,13)/t8-/m0/s1. The van der Waals surface area contributed by atoms with E-state index in [0.717, 1.165) is 0 Å². The number of rotatable bonds is 2. The van der Waals surface area contributed by atoms with E-state index in [1.165, 1.54) is 16.8 Å². The van der Waals surface area contributed by atoms with Gasteiger partial charge >= 0.3 is 0 Å². The van der Waals surface area contributed by atoms with Crippen molar-refractivity contribution in [1.29, 1.82) is 0 Å². The molecular formula is C11H18N4O3S. The second-order valence-corrected chi connectivity index (χ2v) is 6.79. The smallest absolute Gasteiger partial charge is 0.272 e. The van der Waals surface area contributed by atoms with Gasteiger partial charge in [0, 0.05) is 25.7 Å². The number of imidazole rings is 1. The summed E-state index contributed by atoms with van der Waals surface area (Å²) in [5.41, 5.74) is 0.442. The molecule has 1 aliphatic rings. The minimum absolute atomic E-state index is 0.138. The van der Waals surface area contributed by atoms with Gasteiger partial charge in [-0.25, -0.2) is 13.4 Å². The lowest BCUT2D eigenvalue weighted by Crippen LogP contribution is -2.55. The first-order valence-corrected chi connectivity index (χ1v) is 7.91. The highest BCUT2D eigenvalue weighted by Gasteiger charge is 2.32. The highest BCUT2D eigenvalue weighted by molar-refractivity contribution is 7.88. The SMILES string of the molecule is Cc1ncc(C(=O)N2CCN(S(C)(=O)=O)[C@@H](C)C2)[nH]1. The number of amides is 1. The lowest BCUT2D eigenvalue weighted by molar-refractivity contribution is 0.0637. The molecule has 2 rings (SSSR count). The van der Waals surface area contributed by atoms with E-state index in [0.29, 0.717) is 31.2 Å². The zero-order valence-corrected chi connectivity index (χ0v) is 12.1. The zero-order chi connectivity index (χ0) is 14.2. The molecule has 0 unspecified atom stereocenters. The summed E-state index contributed by atoms with van der Waals surface area (Å²) >= 11 is 0. The Morgan fingerprint density at radius 2 is 2.16 bits per heavy atom. The predicted octanol–water partition coefficient (Wildman–Crippen LogP) is -0.176. The van der Waals surface area contributed by atoms with Gasteiger partial charge in [-0.05, 0) is 13.8 Å². The fourth-order valence-corrected chi connectivity index (χ4v) is 3.45. The number of aromatic amines is 1. The molecule has 0 radical (unpaired) electrons. The number of carbonyl (C=O) groups excluding carboxylic acids is 1. The van der Waals surface area contributed by atoms with Crippen LogP contribution in [0.3, 0.4) is 0 Å². The first-order chi connectivity index (χ1) is 8.79. The Hall–Kier alpha value is -1.41. The van der Waals surface area contributed by atoms with Crippen LogP contribution in [-0.2, 0) is 10.0 Å². The number of nitrogens with zero attached hydrogens (tertiary/aromatic N) is 3. The second kappa shape index (κ2) is 4.93. The van der Waals surface area contributed by atoms with E-state index in [1.54, 1.807) is 18.7 Å². The molecule has 1 fully saturated rings. The van der Waals surface area contributed by atoms with Crippen LogP contribution in [-0.4, -0.2) is 65.4 Å². The first-order valence-electron chi connectivity index (χ1n) is 6.06. The highest BCUT2D eigenvalue weighted by Crippen LogP contribution is 2.15. The third kappa shape index (κ3) is 2.95. The van der Waals surface area contributed by atoms with Crippen molar-refractivity contribution in [3.8, 4) is 0 Å². The summed E-state index contributed by atoms with van der Waals surface area (Å²) in [6.07, 6.45) is 2.70. The molecule has 1 aromatic heterocycles. The molecule has 0 spiro atoms. The molecule has 0 saturated carbocycles. The van der Waals surface area contributed by atoms with Crippen LogP contribution < -0.4 is 0 Å². The lowest BCUT2D eigenvalue weighted by Gasteiger charge is -2.38. The number of nitrogens with one attached hydrogen (secondary N) is 1. The van der Waals surface area contributed by atoms with Crippen molar-refractivity contribution < 1.29 is 13.2 Å². The van der Waals surface area contributed by atoms with Crippen LogP contribution >= 0.6 is 0 Å². The molecule has 19 heavy (non-hydrogen) atoms. The second-order valence-electron chi connectivity index (χ2n) is 4.86. The van der Waals surface area contributed by atoms with Gasteiger partial charge in [-0.2, -0.15) is 4.31 Å². The van der Waals surface area contributed by atoms with Crippen LogP contribution in [0.2, 0.25) is 0 Å². The van der Waals surface area contributed by atoms with E-state index in [9.17, 15) is 13.2 Å². The van der Waals surface area contributed by atoms with Crippen molar-refractivity contribution in [2.75, 3.05) is 25.9 Å². The van der Waals surface area contributed by atoms with Gasteiger partial charge in [-0.3, -0.25) is 4.79 Å². The van der Waals surface area contributed by atoms with Gasteiger partial charge < -0.3 is 9.88 Å². The Morgan fingerprint density at radius 3 is 2.63 bits per heavy atom. The van der Waals surface area contributed by atoms with Gasteiger partial charge in [0.25, 0.3) is 5.91 Å². The highest BCUT2D eigenvalue weighted by atomic mass is 32.2.